The number of ether oxygens (including phenoxy) is 2. The summed E-state index contributed by atoms with van der Waals surface area (Å²) in [5, 5.41) is 12.3. The Hall–Kier alpha value is -5.13. The predicted octanol–water partition coefficient (Wildman–Crippen LogP) is 7.34. The molecule has 12 heteroatoms. The minimum absolute atomic E-state index is 0.0286. The maximum absolute atomic E-state index is 13.7. The van der Waals surface area contributed by atoms with Crippen LogP contribution in [0.4, 0.5) is 33.7 Å². The second kappa shape index (κ2) is 10.1. The highest BCUT2D eigenvalue weighted by molar-refractivity contribution is 5.99. The summed E-state index contributed by atoms with van der Waals surface area (Å²) in [6, 6.07) is 14.9. The molecule has 0 spiro atoms. The number of aromatic nitrogens is 3. The second-order valence-corrected chi connectivity index (χ2v) is 7.91. The molecule has 2 amide bonds. The first-order valence-corrected chi connectivity index (χ1v) is 11.0. The number of carbonyl (C=O) groups excluding carboxylic acids is 1. The number of benzene rings is 3. The van der Waals surface area contributed by atoms with Crippen molar-refractivity contribution in [2.24, 2.45) is 0 Å². The van der Waals surface area contributed by atoms with Gasteiger partial charge < -0.3 is 20.1 Å². The quantitative estimate of drug-likeness (QED) is 0.202. The van der Waals surface area contributed by atoms with Crippen LogP contribution in [0.25, 0.3) is 11.0 Å². The fraction of sp³-hybridized carbons (Fsp3) is 0.0385. The van der Waals surface area contributed by atoms with E-state index < -0.39 is 29.3 Å². The molecule has 192 valence electrons. The summed E-state index contributed by atoms with van der Waals surface area (Å²) < 4.78 is 65.2. The van der Waals surface area contributed by atoms with Crippen molar-refractivity contribution in [3.63, 3.8) is 0 Å². The van der Waals surface area contributed by atoms with Crippen LogP contribution in [0.5, 0.6) is 23.0 Å². The Kier molecular flexibility index (Phi) is 6.52. The van der Waals surface area contributed by atoms with Crippen LogP contribution in [0.2, 0.25) is 0 Å². The summed E-state index contributed by atoms with van der Waals surface area (Å²) in [5.41, 5.74) is -0.265. The average molecular weight is 523 g/mol. The molecule has 0 saturated heterocycles. The van der Waals surface area contributed by atoms with Gasteiger partial charge in [-0.2, -0.15) is 18.3 Å². The standard InChI is InChI=1S/C26H17F4N5O3/c27-15-1-6-18(7-2-15)38-23-10-5-17(13-21(23)26(28,29)30)34-25(36)33-16-3-8-19(9-4-16)37-22-11-12-31-24-20(22)14-32-35-24/h1-14H,(H,31,32,35)(H2,33,34,36). The molecule has 0 aliphatic rings. The number of halogens is 4. The van der Waals surface area contributed by atoms with E-state index in [0.29, 0.717) is 28.2 Å². The van der Waals surface area contributed by atoms with Gasteiger partial charge in [0.2, 0.25) is 0 Å². The Morgan fingerprint density at radius 1 is 0.816 bits per heavy atom. The largest absolute Gasteiger partial charge is 0.457 e. The van der Waals surface area contributed by atoms with Gasteiger partial charge in [0.05, 0.1) is 11.6 Å². The van der Waals surface area contributed by atoms with E-state index in [0.717, 1.165) is 24.3 Å². The first kappa shape index (κ1) is 24.6. The Balaban J connectivity index is 1.25. The van der Waals surface area contributed by atoms with E-state index in [1.54, 1.807) is 42.7 Å². The third-order valence-corrected chi connectivity index (χ3v) is 5.24. The minimum atomic E-state index is -4.77. The van der Waals surface area contributed by atoms with Crippen molar-refractivity contribution in [3.8, 4) is 23.0 Å². The third kappa shape index (κ3) is 5.64. The lowest BCUT2D eigenvalue weighted by Crippen LogP contribution is -2.20. The maximum atomic E-state index is 13.7. The number of pyridine rings is 1. The van der Waals surface area contributed by atoms with Gasteiger partial charge in [-0.25, -0.2) is 14.2 Å². The summed E-state index contributed by atoms with van der Waals surface area (Å²) in [6.45, 7) is 0. The zero-order valence-electron chi connectivity index (χ0n) is 19.2. The molecule has 0 aliphatic heterocycles. The van der Waals surface area contributed by atoms with E-state index in [2.05, 4.69) is 25.8 Å². The SMILES string of the molecule is O=C(Nc1ccc(Oc2ccnc3[nH]ncc23)cc1)Nc1ccc(Oc2ccc(F)cc2)c(C(F)(F)F)c1. The zero-order valence-corrected chi connectivity index (χ0v) is 19.2. The molecular weight excluding hydrogens is 506 g/mol. The second-order valence-electron chi connectivity index (χ2n) is 7.91. The molecular formula is C26H17F4N5O3. The maximum Gasteiger partial charge on any atom is 0.420 e. The summed E-state index contributed by atoms with van der Waals surface area (Å²) >= 11 is 0. The summed E-state index contributed by atoms with van der Waals surface area (Å²) in [5.74, 6) is 0.00439. The van der Waals surface area contributed by atoms with Crippen molar-refractivity contribution in [3.05, 3.63) is 96.6 Å². The van der Waals surface area contributed by atoms with Crippen LogP contribution in [0.15, 0.2) is 85.2 Å². The summed E-state index contributed by atoms with van der Waals surface area (Å²) in [4.78, 5) is 16.6. The molecule has 5 rings (SSSR count). The summed E-state index contributed by atoms with van der Waals surface area (Å²) in [7, 11) is 0. The van der Waals surface area contributed by atoms with E-state index in [9.17, 15) is 22.4 Å². The monoisotopic (exact) mass is 523 g/mol. The summed E-state index contributed by atoms with van der Waals surface area (Å²) in [6.07, 6.45) is -1.61. The first-order chi connectivity index (χ1) is 18.2. The number of amides is 2. The third-order valence-electron chi connectivity index (χ3n) is 5.24. The molecule has 2 aromatic heterocycles. The Labute approximate surface area is 212 Å². The molecule has 5 aromatic rings. The molecule has 3 aromatic carbocycles. The first-order valence-electron chi connectivity index (χ1n) is 11.0. The van der Waals surface area contributed by atoms with Gasteiger partial charge in [-0.3, -0.25) is 5.10 Å². The van der Waals surface area contributed by atoms with Gasteiger partial charge in [-0.15, -0.1) is 0 Å². The number of fused-ring (bicyclic) bond motifs is 1. The van der Waals surface area contributed by atoms with Gasteiger partial charge in [0, 0.05) is 17.6 Å². The van der Waals surface area contributed by atoms with E-state index in [1.807, 2.05) is 0 Å². The number of alkyl halides is 3. The lowest BCUT2D eigenvalue weighted by Gasteiger charge is -2.16. The normalized spacial score (nSPS) is 11.3. The van der Waals surface area contributed by atoms with Crippen LogP contribution in [0.3, 0.4) is 0 Å². The van der Waals surface area contributed by atoms with Crippen LogP contribution in [-0.2, 0) is 6.18 Å². The molecule has 0 aliphatic carbocycles. The number of rotatable bonds is 6. The molecule has 0 fully saturated rings. The van der Waals surface area contributed by atoms with Crippen LogP contribution in [0, 0.1) is 5.82 Å². The molecule has 0 radical (unpaired) electrons. The smallest absolute Gasteiger partial charge is 0.420 e. The van der Waals surface area contributed by atoms with Crippen LogP contribution < -0.4 is 20.1 Å². The van der Waals surface area contributed by atoms with E-state index >= 15 is 0 Å². The zero-order chi connectivity index (χ0) is 26.7. The van der Waals surface area contributed by atoms with E-state index in [4.69, 9.17) is 9.47 Å². The van der Waals surface area contributed by atoms with Crippen LogP contribution in [-0.4, -0.2) is 21.2 Å². The van der Waals surface area contributed by atoms with Gasteiger partial charge >= 0.3 is 12.2 Å². The van der Waals surface area contributed by atoms with E-state index in [1.165, 1.54) is 18.2 Å². The number of nitrogens with one attached hydrogen (secondary N) is 3. The number of nitrogens with zero attached hydrogens (tertiary/aromatic N) is 2. The van der Waals surface area contributed by atoms with Gasteiger partial charge in [0.25, 0.3) is 0 Å². The number of urea groups is 1. The fourth-order valence-electron chi connectivity index (χ4n) is 3.49. The molecule has 8 nitrogen and oxygen atoms in total. The van der Waals surface area contributed by atoms with Crippen molar-refractivity contribution in [2.45, 2.75) is 6.18 Å². The molecule has 0 bridgehead atoms. The average Bonchev–Trinajstić information content (AvgIpc) is 3.37. The fourth-order valence-corrected chi connectivity index (χ4v) is 3.49. The lowest BCUT2D eigenvalue weighted by molar-refractivity contribution is -0.138. The van der Waals surface area contributed by atoms with Gasteiger partial charge in [-0.05, 0) is 72.8 Å². The predicted molar refractivity (Wildman–Crippen MR) is 131 cm³/mol. The van der Waals surface area contributed by atoms with Gasteiger partial charge in [0.15, 0.2) is 5.65 Å². The van der Waals surface area contributed by atoms with Crippen LogP contribution >= 0.6 is 0 Å². The molecule has 2 heterocycles. The lowest BCUT2D eigenvalue weighted by atomic mass is 10.1. The minimum Gasteiger partial charge on any atom is -0.457 e. The molecule has 0 atom stereocenters. The Morgan fingerprint density at radius 2 is 1.45 bits per heavy atom. The van der Waals surface area contributed by atoms with Gasteiger partial charge in [0.1, 0.15) is 34.4 Å². The van der Waals surface area contributed by atoms with Crippen molar-refractivity contribution in [1.29, 1.82) is 0 Å². The van der Waals surface area contributed by atoms with Crippen molar-refractivity contribution in [1.82, 2.24) is 15.2 Å². The highest BCUT2D eigenvalue weighted by atomic mass is 19.4. The number of hydrogen-bond acceptors (Lipinski definition) is 5. The Bertz CT molecular complexity index is 1590. The number of carbonyl (C=O) groups is 1. The molecule has 0 saturated carbocycles. The highest BCUT2D eigenvalue weighted by Crippen LogP contribution is 2.39. The number of H-pyrrole nitrogens is 1. The number of hydrogen-bond donors (Lipinski definition) is 3. The van der Waals surface area contributed by atoms with Crippen LogP contribution in [0.1, 0.15) is 5.56 Å². The molecule has 38 heavy (non-hydrogen) atoms. The number of anilines is 2. The van der Waals surface area contributed by atoms with E-state index in [-0.39, 0.29) is 11.4 Å². The molecule has 0 unspecified atom stereocenters. The van der Waals surface area contributed by atoms with Crippen molar-refractivity contribution in [2.75, 3.05) is 10.6 Å². The highest BCUT2D eigenvalue weighted by Gasteiger charge is 2.35. The van der Waals surface area contributed by atoms with Gasteiger partial charge in [-0.1, -0.05) is 0 Å². The van der Waals surface area contributed by atoms with Crippen molar-refractivity contribution >= 4 is 28.4 Å². The van der Waals surface area contributed by atoms with Crippen molar-refractivity contribution < 1.29 is 31.8 Å². The Morgan fingerprint density at radius 3 is 2.16 bits per heavy atom. The number of aromatic amines is 1. The topological polar surface area (TPSA) is 101 Å². The molecule has 3 N–H and O–H groups in total.